The van der Waals surface area contributed by atoms with Gasteiger partial charge in [0.2, 0.25) is 0 Å². The molecular formula is C19H23N3O2. The highest BCUT2D eigenvalue weighted by atomic mass is 16.2. The maximum atomic E-state index is 12.1. The third-order valence-corrected chi connectivity index (χ3v) is 3.45. The number of benzene rings is 2. The van der Waals surface area contributed by atoms with Crippen LogP contribution in [0.4, 0.5) is 16.2 Å². The van der Waals surface area contributed by atoms with Crippen molar-refractivity contribution in [3.8, 4) is 0 Å². The second kappa shape index (κ2) is 7.64. The number of urea groups is 1. The zero-order chi connectivity index (χ0) is 17.7. The summed E-state index contributed by atoms with van der Waals surface area (Å²) in [5.74, 6) is -0.128. The molecule has 0 aliphatic heterocycles. The third kappa shape index (κ3) is 4.84. The van der Waals surface area contributed by atoms with E-state index < -0.39 is 0 Å². The smallest absolute Gasteiger partial charge is 0.323 e. The molecule has 0 saturated heterocycles. The average molecular weight is 325 g/mol. The molecule has 2 rings (SSSR count). The van der Waals surface area contributed by atoms with Crippen molar-refractivity contribution in [3.63, 3.8) is 0 Å². The van der Waals surface area contributed by atoms with E-state index in [0.717, 1.165) is 16.8 Å². The van der Waals surface area contributed by atoms with Crippen molar-refractivity contribution in [2.24, 2.45) is 0 Å². The van der Waals surface area contributed by atoms with Crippen molar-refractivity contribution >= 4 is 23.3 Å². The van der Waals surface area contributed by atoms with Gasteiger partial charge in [-0.15, -0.1) is 0 Å². The normalized spacial score (nSPS) is 10.4. The lowest BCUT2D eigenvalue weighted by atomic mass is 10.1. The maximum absolute atomic E-state index is 12.1. The van der Waals surface area contributed by atoms with Gasteiger partial charge in [-0.1, -0.05) is 17.7 Å². The zero-order valence-electron chi connectivity index (χ0n) is 14.4. The fourth-order valence-electron chi connectivity index (χ4n) is 2.29. The standard InChI is InChI=1S/C19H23N3O2/c1-12(2)20-18(23)15-6-8-16(9-7-15)21-19(24)22-17-10-5-13(3)11-14(17)4/h5-12H,1-4H3,(H,20,23)(H2,21,22,24). The Hall–Kier alpha value is -2.82. The molecule has 0 unspecified atom stereocenters. The van der Waals surface area contributed by atoms with E-state index in [-0.39, 0.29) is 18.0 Å². The summed E-state index contributed by atoms with van der Waals surface area (Å²) in [5.41, 5.74) is 4.10. The van der Waals surface area contributed by atoms with Crippen molar-refractivity contribution < 1.29 is 9.59 Å². The number of nitrogens with one attached hydrogen (secondary N) is 3. The molecule has 2 aromatic carbocycles. The molecule has 0 bridgehead atoms. The number of anilines is 2. The Morgan fingerprint density at radius 2 is 1.58 bits per heavy atom. The Bertz CT molecular complexity index is 737. The molecular weight excluding hydrogens is 302 g/mol. The molecule has 5 nitrogen and oxygen atoms in total. The number of amides is 3. The largest absolute Gasteiger partial charge is 0.350 e. The number of hydrogen-bond donors (Lipinski definition) is 3. The molecule has 5 heteroatoms. The van der Waals surface area contributed by atoms with E-state index in [2.05, 4.69) is 16.0 Å². The molecule has 0 heterocycles. The summed E-state index contributed by atoms with van der Waals surface area (Å²) in [6, 6.07) is 12.4. The first-order chi connectivity index (χ1) is 11.3. The van der Waals surface area contributed by atoms with Crippen LogP contribution in [0, 0.1) is 13.8 Å². The predicted molar refractivity (Wildman–Crippen MR) is 97.6 cm³/mol. The van der Waals surface area contributed by atoms with Gasteiger partial charge in [-0.2, -0.15) is 0 Å². The van der Waals surface area contributed by atoms with Crippen LogP contribution in [0.1, 0.15) is 35.3 Å². The Morgan fingerprint density at radius 3 is 2.17 bits per heavy atom. The molecule has 0 aliphatic carbocycles. The lowest BCUT2D eigenvalue weighted by molar-refractivity contribution is 0.0943. The van der Waals surface area contributed by atoms with Crippen molar-refractivity contribution in [2.75, 3.05) is 10.6 Å². The van der Waals surface area contributed by atoms with Crippen molar-refractivity contribution in [1.82, 2.24) is 5.32 Å². The molecule has 0 fully saturated rings. The summed E-state index contributed by atoms with van der Waals surface area (Å²) in [5, 5.41) is 8.40. The van der Waals surface area contributed by atoms with Crippen LogP contribution < -0.4 is 16.0 Å². The van der Waals surface area contributed by atoms with Gasteiger partial charge in [0.25, 0.3) is 5.91 Å². The minimum Gasteiger partial charge on any atom is -0.350 e. The molecule has 0 radical (unpaired) electrons. The van der Waals surface area contributed by atoms with Gasteiger partial charge in [0, 0.05) is 23.0 Å². The molecule has 2 aromatic rings. The quantitative estimate of drug-likeness (QED) is 0.792. The second-order valence-corrected chi connectivity index (χ2v) is 6.10. The highest BCUT2D eigenvalue weighted by Crippen LogP contribution is 2.17. The molecule has 126 valence electrons. The maximum Gasteiger partial charge on any atom is 0.323 e. The van der Waals surface area contributed by atoms with E-state index in [1.807, 2.05) is 45.9 Å². The molecule has 0 spiro atoms. The van der Waals surface area contributed by atoms with Crippen LogP contribution in [0.25, 0.3) is 0 Å². The first kappa shape index (κ1) is 17.5. The van der Waals surface area contributed by atoms with Crippen LogP contribution in [0.3, 0.4) is 0 Å². The monoisotopic (exact) mass is 325 g/mol. The van der Waals surface area contributed by atoms with Gasteiger partial charge in [0.05, 0.1) is 0 Å². The highest BCUT2D eigenvalue weighted by Gasteiger charge is 2.08. The van der Waals surface area contributed by atoms with E-state index >= 15 is 0 Å². The molecule has 3 N–H and O–H groups in total. The SMILES string of the molecule is Cc1ccc(NC(=O)Nc2ccc(C(=O)NC(C)C)cc2)c(C)c1. The molecule has 0 saturated carbocycles. The van der Waals surface area contributed by atoms with Crippen LogP contribution in [0.5, 0.6) is 0 Å². The Kier molecular flexibility index (Phi) is 5.58. The Balaban J connectivity index is 1.98. The number of hydrogen-bond acceptors (Lipinski definition) is 2. The third-order valence-electron chi connectivity index (χ3n) is 3.45. The fourth-order valence-corrected chi connectivity index (χ4v) is 2.29. The van der Waals surface area contributed by atoms with Crippen LogP contribution in [-0.2, 0) is 0 Å². The first-order valence-electron chi connectivity index (χ1n) is 7.91. The lowest BCUT2D eigenvalue weighted by Crippen LogP contribution is -2.30. The topological polar surface area (TPSA) is 70.2 Å². The number of carbonyl (C=O) groups excluding carboxylic acids is 2. The van der Waals surface area contributed by atoms with Gasteiger partial charge < -0.3 is 16.0 Å². The van der Waals surface area contributed by atoms with Gasteiger partial charge in [-0.25, -0.2) is 4.79 Å². The minimum absolute atomic E-state index is 0.0822. The Morgan fingerprint density at radius 1 is 0.917 bits per heavy atom. The molecule has 0 atom stereocenters. The number of carbonyl (C=O) groups is 2. The van der Waals surface area contributed by atoms with Crippen LogP contribution in [0.15, 0.2) is 42.5 Å². The van der Waals surface area contributed by atoms with E-state index in [0.29, 0.717) is 11.3 Å². The van der Waals surface area contributed by atoms with Crippen molar-refractivity contribution in [2.45, 2.75) is 33.7 Å². The highest BCUT2D eigenvalue weighted by molar-refractivity contribution is 6.01. The van der Waals surface area contributed by atoms with Gasteiger partial charge >= 0.3 is 6.03 Å². The summed E-state index contributed by atoms with van der Waals surface area (Å²) in [4.78, 5) is 24.0. The second-order valence-electron chi connectivity index (χ2n) is 6.10. The average Bonchev–Trinajstić information content (AvgIpc) is 2.50. The summed E-state index contributed by atoms with van der Waals surface area (Å²) < 4.78 is 0. The van der Waals surface area contributed by atoms with Crippen LogP contribution in [0.2, 0.25) is 0 Å². The lowest BCUT2D eigenvalue weighted by Gasteiger charge is -2.11. The van der Waals surface area contributed by atoms with Gasteiger partial charge in [0.1, 0.15) is 0 Å². The van der Waals surface area contributed by atoms with Gasteiger partial charge in [-0.05, 0) is 63.6 Å². The summed E-state index contributed by atoms with van der Waals surface area (Å²) in [7, 11) is 0. The summed E-state index contributed by atoms with van der Waals surface area (Å²) in [6.07, 6.45) is 0. The Labute approximate surface area is 142 Å². The van der Waals surface area contributed by atoms with E-state index in [1.54, 1.807) is 24.3 Å². The molecule has 24 heavy (non-hydrogen) atoms. The van der Waals surface area contributed by atoms with Crippen LogP contribution >= 0.6 is 0 Å². The van der Waals surface area contributed by atoms with E-state index in [4.69, 9.17) is 0 Å². The molecule has 3 amide bonds. The van der Waals surface area contributed by atoms with E-state index in [1.165, 1.54) is 0 Å². The summed E-state index contributed by atoms with van der Waals surface area (Å²) in [6.45, 7) is 7.77. The minimum atomic E-state index is -0.318. The molecule has 0 aromatic heterocycles. The van der Waals surface area contributed by atoms with E-state index in [9.17, 15) is 9.59 Å². The number of rotatable bonds is 4. The predicted octanol–water partition coefficient (Wildman–Crippen LogP) is 4.09. The molecule has 0 aliphatic rings. The number of aryl methyl sites for hydroxylation is 2. The van der Waals surface area contributed by atoms with Gasteiger partial charge in [-0.3, -0.25) is 4.79 Å². The summed E-state index contributed by atoms with van der Waals surface area (Å²) >= 11 is 0. The first-order valence-corrected chi connectivity index (χ1v) is 7.91. The van der Waals surface area contributed by atoms with Crippen LogP contribution in [-0.4, -0.2) is 18.0 Å². The van der Waals surface area contributed by atoms with Gasteiger partial charge in [0.15, 0.2) is 0 Å². The fraction of sp³-hybridized carbons (Fsp3) is 0.263. The van der Waals surface area contributed by atoms with Crippen molar-refractivity contribution in [3.05, 3.63) is 59.2 Å². The zero-order valence-corrected chi connectivity index (χ0v) is 14.4. The van der Waals surface area contributed by atoms with Crippen molar-refractivity contribution in [1.29, 1.82) is 0 Å².